The van der Waals surface area contributed by atoms with Crippen LogP contribution < -0.4 is 20.3 Å². The third-order valence-corrected chi connectivity index (χ3v) is 5.11. The van der Waals surface area contributed by atoms with Crippen molar-refractivity contribution in [2.45, 2.75) is 32.0 Å². The second-order valence-electron chi connectivity index (χ2n) is 7.31. The first kappa shape index (κ1) is 21.6. The topological polar surface area (TPSA) is 104 Å². The van der Waals surface area contributed by atoms with E-state index >= 15 is 0 Å². The standard InChI is InChI=1S/C21H25F2N7O2/c1-24-21(25-12-18-27-19(29-28-18)17-5-3-11-31-17)26-14-4-2-10-30(13-14)15-6-8-16(9-7-15)32-20(22)23/h3,5-9,11,14,20H,2,4,10,12-13H2,1H3,(H2,24,25,26)(H,27,28,29). The minimum atomic E-state index is -2.82. The number of aromatic nitrogens is 3. The molecule has 3 heterocycles. The van der Waals surface area contributed by atoms with Gasteiger partial charge in [0.15, 0.2) is 11.7 Å². The molecule has 1 aliphatic rings. The van der Waals surface area contributed by atoms with Gasteiger partial charge in [-0.1, -0.05) is 0 Å². The van der Waals surface area contributed by atoms with Crippen molar-refractivity contribution in [3.8, 4) is 17.3 Å². The van der Waals surface area contributed by atoms with Gasteiger partial charge >= 0.3 is 6.61 Å². The molecule has 0 saturated carbocycles. The Bertz CT molecular complexity index is 1010. The summed E-state index contributed by atoms with van der Waals surface area (Å²) in [6.07, 6.45) is 3.57. The van der Waals surface area contributed by atoms with Gasteiger partial charge in [-0.2, -0.15) is 8.78 Å². The number of furan rings is 1. The van der Waals surface area contributed by atoms with Gasteiger partial charge in [-0.3, -0.25) is 10.1 Å². The van der Waals surface area contributed by atoms with E-state index in [0.29, 0.717) is 29.9 Å². The van der Waals surface area contributed by atoms with E-state index in [1.165, 1.54) is 0 Å². The number of nitrogens with one attached hydrogen (secondary N) is 3. The van der Waals surface area contributed by atoms with Crippen LogP contribution in [-0.2, 0) is 6.54 Å². The van der Waals surface area contributed by atoms with Crippen LogP contribution in [0.25, 0.3) is 11.6 Å². The third kappa shape index (κ3) is 5.54. The molecule has 0 amide bonds. The molecule has 1 aromatic carbocycles. The Hall–Kier alpha value is -3.63. The van der Waals surface area contributed by atoms with Crippen molar-refractivity contribution in [2.24, 2.45) is 4.99 Å². The van der Waals surface area contributed by atoms with Crippen LogP contribution in [0.1, 0.15) is 18.7 Å². The van der Waals surface area contributed by atoms with Crippen LogP contribution in [0.4, 0.5) is 14.5 Å². The Kier molecular flexibility index (Phi) is 6.83. The maximum atomic E-state index is 12.3. The predicted molar refractivity (Wildman–Crippen MR) is 116 cm³/mol. The Morgan fingerprint density at radius 2 is 2.19 bits per heavy atom. The van der Waals surface area contributed by atoms with Gasteiger partial charge in [0, 0.05) is 31.9 Å². The molecule has 1 atom stereocenters. The molecule has 3 aromatic rings. The number of H-pyrrole nitrogens is 1. The smallest absolute Gasteiger partial charge is 0.387 e. The van der Waals surface area contributed by atoms with E-state index in [1.807, 2.05) is 0 Å². The zero-order valence-electron chi connectivity index (χ0n) is 17.6. The van der Waals surface area contributed by atoms with Gasteiger partial charge in [0.05, 0.1) is 12.8 Å². The fourth-order valence-electron chi connectivity index (χ4n) is 3.61. The molecule has 170 valence electrons. The number of guanidine groups is 1. The molecule has 1 aliphatic heterocycles. The van der Waals surface area contributed by atoms with Crippen LogP contribution in [0.2, 0.25) is 0 Å². The highest BCUT2D eigenvalue weighted by Crippen LogP contribution is 2.24. The molecular weight excluding hydrogens is 420 g/mol. The summed E-state index contributed by atoms with van der Waals surface area (Å²) in [5.41, 5.74) is 0.966. The molecule has 3 N–H and O–H groups in total. The van der Waals surface area contributed by atoms with Crippen LogP contribution in [-0.4, -0.2) is 53.9 Å². The Balaban J connectivity index is 1.29. The average Bonchev–Trinajstić information content (AvgIpc) is 3.49. The number of ether oxygens (including phenoxy) is 1. The van der Waals surface area contributed by atoms with E-state index in [2.05, 4.69) is 40.4 Å². The van der Waals surface area contributed by atoms with Gasteiger partial charge in [-0.15, -0.1) is 5.10 Å². The molecule has 4 rings (SSSR count). The average molecular weight is 445 g/mol. The summed E-state index contributed by atoms with van der Waals surface area (Å²) in [5, 5.41) is 13.7. The van der Waals surface area contributed by atoms with Crippen LogP contribution in [0.15, 0.2) is 52.1 Å². The lowest BCUT2D eigenvalue weighted by molar-refractivity contribution is -0.0498. The van der Waals surface area contributed by atoms with Crippen molar-refractivity contribution >= 4 is 11.6 Å². The Morgan fingerprint density at radius 3 is 2.91 bits per heavy atom. The zero-order chi connectivity index (χ0) is 22.3. The lowest BCUT2D eigenvalue weighted by Crippen LogP contribution is -2.51. The third-order valence-electron chi connectivity index (χ3n) is 5.11. The van der Waals surface area contributed by atoms with Crippen molar-refractivity contribution in [1.29, 1.82) is 0 Å². The largest absolute Gasteiger partial charge is 0.461 e. The minimum Gasteiger partial charge on any atom is -0.461 e. The van der Waals surface area contributed by atoms with E-state index in [0.717, 1.165) is 31.6 Å². The Morgan fingerprint density at radius 1 is 1.34 bits per heavy atom. The van der Waals surface area contributed by atoms with E-state index < -0.39 is 6.61 Å². The van der Waals surface area contributed by atoms with Crippen LogP contribution >= 0.6 is 0 Å². The van der Waals surface area contributed by atoms with Gasteiger partial charge in [0.2, 0.25) is 5.82 Å². The summed E-state index contributed by atoms with van der Waals surface area (Å²) in [5.74, 6) is 2.58. The number of nitrogens with zero attached hydrogens (tertiary/aromatic N) is 4. The second-order valence-corrected chi connectivity index (χ2v) is 7.31. The van der Waals surface area contributed by atoms with E-state index in [9.17, 15) is 8.78 Å². The highest BCUT2D eigenvalue weighted by atomic mass is 19.3. The maximum absolute atomic E-state index is 12.3. The van der Waals surface area contributed by atoms with Gasteiger partial charge in [0.25, 0.3) is 0 Å². The summed E-state index contributed by atoms with van der Waals surface area (Å²) in [7, 11) is 1.71. The molecule has 1 saturated heterocycles. The number of aromatic amines is 1. The molecule has 1 fully saturated rings. The van der Waals surface area contributed by atoms with Gasteiger partial charge in [0.1, 0.15) is 11.6 Å². The lowest BCUT2D eigenvalue weighted by atomic mass is 10.0. The molecule has 11 heteroatoms. The molecule has 32 heavy (non-hydrogen) atoms. The van der Waals surface area contributed by atoms with Crippen LogP contribution in [0.5, 0.6) is 5.75 Å². The number of hydrogen-bond donors (Lipinski definition) is 3. The molecule has 0 bridgehead atoms. The van der Waals surface area contributed by atoms with Crippen LogP contribution in [0, 0.1) is 0 Å². The van der Waals surface area contributed by atoms with E-state index in [1.54, 1.807) is 49.7 Å². The number of piperidine rings is 1. The molecule has 1 unspecified atom stereocenters. The van der Waals surface area contributed by atoms with Crippen molar-refractivity contribution in [3.05, 3.63) is 48.5 Å². The van der Waals surface area contributed by atoms with Gasteiger partial charge < -0.3 is 24.7 Å². The summed E-state index contributed by atoms with van der Waals surface area (Å²) < 4.78 is 34.4. The molecule has 9 nitrogen and oxygen atoms in total. The number of anilines is 1. The van der Waals surface area contributed by atoms with Gasteiger partial charge in [-0.05, 0) is 49.2 Å². The van der Waals surface area contributed by atoms with Crippen molar-refractivity contribution in [2.75, 3.05) is 25.0 Å². The first-order valence-corrected chi connectivity index (χ1v) is 10.3. The molecule has 0 spiro atoms. The lowest BCUT2D eigenvalue weighted by Gasteiger charge is -2.35. The maximum Gasteiger partial charge on any atom is 0.387 e. The van der Waals surface area contributed by atoms with E-state index in [4.69, 9.17) is 4.42 Å². The fraction of sp³-hybridized carbons (Fsp3) is 0.381. The van der Waals surface area contributed by atoms with Crippen molar-refractivity contribution < 1.29 is 17.9 Å². The number of benzene rings is 1. The summed E-state index contributed by atoms with van der Waals surface area (Å²) in [6, 6.07) is 10.5. The summed E-state index contributed by atoms with van der Waals surface area (Å²) in [4.78, 5) is 10.9. The zero-order valence-corrected chi connectivity index (χ0v) is 17.6. The molecule has 0 aliphatic carbocycles. The fourth-order valence-corrected chi connectivity index (χ4v) is 3.61. The quantitative estimate of drug-likeness (QED) is 0.379. The first-order valence-electron chi connectivity index (χ1n) is 10.3. The van der Waals surface area contributed by atoms with Gasteiger partial charge in [-0.25, -0.2) is 4.98 Å². The summed E-state index contributed by atoms with van der Waals surface area (Å²) in [6.45, 7) is -0.736. The number of alkyl halides is 2. The van der Waals surface area contributed by atoms with E-state index in [-0.39, 0.29) is 11.8 Å². The molecule has 2 aromatic heterocycles. The number of hydrogen-bond acceptors (Lipinski definition) is 6. The SMILES string of the molecule is CN=C(NCc1nc(-c2ccco2)n[nH]1)NC1CCCN(c2ccc(OC(F)F)cc2)C1. The highest BCUT2D eigenvalue weighted by Gasteiger charge is 2.21. The molecular formula is C21H25F2N7O2. The van der Waals surface area contributed by atoms with Crippen molar-refractivity contribution in [3.63, 3.8) is 0 Å². The second kappa shape index (κ2) is 10.1. The van der Waals surface area contributed by atoms with Crippen molar-refractivity contribution in [1.82, 2.24) is 25.8 Å². The Labute approximate surface area is 183 Å². The number of halogens is 2. The summed E-state index contributed by atoms with van der Waals surface area (Å²) >= 11 is 0. The predicted octanol–water partition coefficient (Wildman–Crippen LogP) is 3.00. The normalized spacial score (nSPS) is 16.9. The monoisotopic (exact) mass is 445 g/mol. The minimum absolute atomic E-state index is 0.155. The highest BCUT2D eigenvalue weighted by molar-refractivity contribution is 5.80. The first-order chi connectivity index (χ1) is 15.6. The number of aliphatic imine (C=N–C) groups is 1. The molecule has 0 radical (unpaired) electrons. The number of rotatable bonds is 7. The van der Waals surface area contributed by atoms with Crippen LogP contribution in [0.3, 0.4) is 0 Å².